The quantitative estimate of drug-likeness (QED) is 0.744. The van der Waals surface area contributed by atoms with Crippen LogP contribution in [0.5, 0.6) is 5.75 Å². The standard InChI is InChI=1S/C13H21NO3/c1-13(14,9-15)10-17-12-5-3-11(4-6-12)7-8-16-2/h3-6,15H,7-10,14H2,1-2H3. The van der Waals surface area contributed by atoms with Crippen LogP contribution in [0.1, 0.15) is 12.5 Å². The number of hydrogen-bond donors (Lipinski definition) is 2. The second-order valence-corrected chi connectivity index (χ2v) is 4.49. The molecule has 0 saturated heterocycles. The maximum Gasteiger partial charge on any atom is 0.119 e. The third-order valence-corrected chi connectivity index (χ3v) is 2.45. The Morgan fingerprint density at radius 3 is 2.47 bits per heavy atom. The lowest BCUT2D eigenvalue weighted by atomic mass is 10.1. The van der Waals surface area contributed by atoms with E-state index in [9.17, 15) is 0 Å². The van der Waals surface area contributed by atoms with Crippen molar-refractivity contribution in [1.29, 1.82) is 0 Å². The van der Waals surface area contributed by atoms with Crippen molar-refractivity contribution in [2.24, 2.45) is 5.73 Å². The van der Waals surface area contributed by atoms with Crippen molar-refractivity contribution >= 4 is 0 Å². The molecule has 0 fully saturated rings. The molecule has 4 heteroatoms. The molecular weight excluding hydrogens is 218 g/mol. The highest BCUT2D eigenvalue weighted by Gasteiger charge is 2.17. The Bertz CT molecular complexity index is 322. The van der Waals surface area contributed by atoms with E-state index < -0.39 is 5.54 Å². The van der Waals surface area contributed by atoms with E-state index >= 15 is 0 Å². The maximum atomic E-state index is 8.99. The van der Waals surface area contributed by atoms with Gasteiger partial charge >= 0.3 is 0 Å². The molecule has 0 aliphatic heterocycles. The van der Waals surface area contributed by atoms with Crippen LogP contribution in [0.25, 0.3) is 0 Å². The molecule has 1 aromatic rings. The molecule has 96 valence electrons. The topological polar surface area (TPSA) is 64.7 Å². The predicted molar refractivity (Wildman–Crippen MR) is 67.2 cm³/mol. The Labute approximate surface area is 102 Å². The summed E-state index contributed by atoms with van der Waals surface area (Å²) in [6, 6.07) is 7.80. The minimum absolute atomic E-state index is 0.0983. The number of aliphatic hydroxyl groups is 1. The lowest BCUT2D eigenvalue weighted by molar-refractivity contribution is 0.146. The van der Waals surface area contributed by atoms with Gasteiger partial charge < -0.3 is 20.3 Å². The fourth-order valence-electron chi connectivity index (χ4n) is 1.27. The molecule has 1 rings (SSSR count). The van der Waals surface area contributed by atoms with E-state index in [0.29, 0.717) is 13.2 Å². The first-order valence-corrected chi connectivity index (χ1v) is 5.68. The summed E-state index contributed by atoms with van der Waals surface area (Å²) in [7, 11) is 1.69. The van der Waals surface area contributed by atoms with Gasteiger partial charge in [0.05, 0.1) is 18.8 Å². The van der Waals surface area contributed by atoms with Crippen molar-refractivity contribution in [2.45, 2.75) is 18.9 Å². The molecule has 0 aliphatic rings. The van der Waals surface area contributed by atoms with Gasteiger partial charge in [0.15, 0.2) is 0 Å². The number of benzene rings is 1. The Balaban J connectivity index is 2.45. The third kappa shape index (κ3) is 5.17. The second kappa shape index (κ2) is 6.59. The molecule has 17 heavy (non-hydrogen) atoms. The Morgan fingerprint density at radius 2 is 1.94 bits per heavy atom. The van der Waals surface area contributed by atoms with Crippen LogP contribution >= 0.6 is 0 Å². The molecular formula is C13H21NO3. The van der Waals surface area contributed by atoms with Crippen molar-refractivity contribution in [3.63, 3.8) is 0 Å². The Hall–Kier alpha value is -1.10. The largest absolute Gasteiger partial charge is 0.492 e. The van der Waals surface area contributed by atoms with E-state index in [1.807, 2.05) is 24.3 Å². The number of rotatable bonds is 7. The van der Waals surface area contributed by atoms with Gasteiger partial charge in [0.1, 0.15) is 12.4 Å². The number of hydrogen-bond acceptors (Lipinski definition) is 4. The van der Waals surface area contributed by atoms with Gasteiger partial charge in [-0.25, -0.2) is 0 Å². The first-order valence-electron chi connectivity index (χ1n) is 5.68. The van der Waals surface area contributed by atoms with Crippen LogP contribution in [-0.4, -0.2) is 37.6 Å². The molecule has 3 N–H and O–H groups in total. The van der Waals surface area contributed by atoms with Gasteiger partial charge in [0, 0.05) is 7.11 Å². The average molecular weight is 239 g/mol. The molecule has 1 atom stereocenters. The molecule has 0 spiro atoms. The lowest BCUT2D eigenvalue weighted by Gasteiger charge is -2.21. The lowest BCUT2D eigenvalue weighted by Crippen LogP contribution is -2.45. The van der Waals surface area contributed by atoms with Crippen molar-refractivity contribution in [3.8, 4) is 5.75 Å². The van der Waals surface area contributed by atoms with E-state index in [2.05, 4.69) is 0 Å². The van der Waals surface area contributed by atoms with E-state index in [1.54, 1.807) is 14.0 Å². The molecule has 0 amide bonds. The zero-order chi connectivity index (χ0) is 12.7. The maximum absolute atomic E-state index is 8.99. The first kappa shape index (κ1) is 14.0. The summed E-state index contributed by atoms with van der Waals surface area (Å²) >= 11 is 0. The van der Waals surface area contributed by atoms with Gasteiger partial charge in [-0.3, -0.25) is 0 Å². The van der Waals surface area contributed by atoms with Crippen molar-refractivity contribution in [1.82, 2.24) is 0 Å². The SMILES string of the molecule is COCCc1ccc(OCC(C)(N)CO)cc1. The summed E-state index contributed by atoms with van der Waals surface area (Å²) in [5, 5.41) is 8.99. The Morgan fingerprint density at radius 1 is 1.29 bits per heavy atom. The molecule has 1 unspecified atom stereocenters. The minimum Gasteiger partial charge on any atom is -0.492 e. The third-order valence-electron chi connectivity index (χ3n) is 2.45. The number of ether oxygens (including phenoxy) is 2. The van der Waals surface area contributed by atoms with E-state index in [4.69, 9.17) is 20.3 Å². The summed E-state index contributed by atoms with van der Waals surface area (Å²) in [4.78, 5) is 0. The minimum atomic E-state index is -0.700. The van der Waals surface area contributed by atoms with Crippen LogP contribution in [0.15, 0.2) is 24.3 Å². The number of aliphatic hydroxyl groups excluding tert-OH is 1. The van der Waals surface area contributed by atoms with Crippen LogP contribution in [0.3, 0.4) is 0 Å². The van der Waals surface area contributed by atoms with Gasteiger partial charge in [-0.1, -0.05) is 12.1 Å². The van der Waals surface area contributed by atoms with Crippen LogP contribution in [0.4, 0.5) is 0 Å². The van der Waals surface area contributed by atoms with Gasteiger partial charge in [-0.2, -0.15) is 0 Å². The summed E-state index contributed by atoms with van der Waals surface area (Å²) in [6.07, 6.45) is 0.891. The normalized spacial score (nSPS) is 14.4. The van der Waals surface area contributed by atoms with Gasteiger partial charge in [-0.05, 0) is 31.0 Å². The molecule has 0 aromatic heterocycles. The molecule has 0 radical (unpaired) electrons. The molecule has 1 aromatic carbocycles. The highest BCUT2D eigenvalue weighted by molar-refractivity contribution is 5.27. The molecule has 0 saturated carbocycles. The highest BCUT2D eigenvalue weighted by Crippen LogP contribution is 2.14. The van der Waals surface area contributed by atoms with Crippen molar-refractivity contribution in [3.05, 3.63) is 29.8 Å². The molecule has 0 heterocycles. The number of methoxy groups -OCH3 is 1. The molecule has 4 nitrogen and oxygen atoms in total. The van der Waals surface area contributed by atoms with Gasteiger partial charge in [0.2, 0.25) is 0 Å². The number of nitrogens with two attached hydrogens (primary N) is 1. The fourth-order valence-corrected chi connectivity index (χ4v) is 1.27. The first-order chi connectivity index (χ1) is 8.07. The smallest absolute Gasteiger partial charge is 0.119 e. The highest BCUT2D eigenvalue weighted by atomic mass is 16.5. The molecule has 0 aliphatic carbocycles. The zero-order valence-corrected chi connectivity index (χ0v) is 10.5. The van der Waals surface area contributed by atoms with E-state index in [-0.39, 0.29) is 6.61 Å². The summed E-state index contributed by atoms with van der Waals surface area (Å²) in [5.41, 5.74) is 6.27. The molecule has 0 bridgehead atoms. The van der Waals surface area contributed by atoms with E-state index in [0.717, 1.165) is 12.2 Å². The van der Waals surface area contributed by atoms with E-state index in [1.165, 1.54) is 5.56 Å². The van der Waals surface area contributed by atoms with Crippen LogP contribution in [-0.2, 0) is 11.2 Å². The monoisotopic (exact) mass is 239 g/mol. The fraction of sp³-hybridized carbons (Fsp3) is 0.538. The summed E-state index contributed by atoms with van der Waals surface area (Å²) in [6.45, 7) is 2.66. The second-order valence-electron chi connectivity index (χ2n) is 4.49. The van der Waals surface area contributed by atoms with Gasteiger partial charge in [-0.15, -0.1) is 0 Å². The van der Waals surface area contributed by atoms with Crippen LogP contribution in [0.2, 0.25) is 0 Å². The van der Waals surface area contributed by atoms with Crippen LogP contribution in [0, 0.1) is 0 Å². The predicted octanol–water partition coefficient (Wildman–Crippen LogP) is 0.964. The van der Waals surface area contributed by atoms with Crippen molar-refractivity contribution < 1.29 is 14.6 Å². The van der Waals surface area contributed by atoms with Crippen LogP contribution < -0.4 is 10.5 Å². The summed E-state index contributed by atoms with van der Waals surface area (Å²) < 4.78 is 10.5. The Kier molecular flexibility index (Phi) is 5.41. The average Bonchev–Trinajstić information content (AvgIpc) is 2.35. The zero-order valence-electron chi connectivity index (χ0n) is 10.5. The van der Waals surface area contributed by atoms with Gasteiger partial charge in [0.25, 0.3) is 0 Å². The summed E-state index contributed by atoms with van der Waals surface area (Å²) in [5.74, 6) is 0.760. The van der Waals surface area contributed by atoms with Crippen molar-refractivity contribution in [2.75, 3.05) is 26.9 Å².